The molecule has 0 aliphatic carbocycles. The van der Waals surface area contributed by atoms with Crippen LogP contribution in [0.1, 0.15) is 39.5 Å². The van der Waals surface area contributed by atoms with Crippen LogP contribution >= 0.6 is 0 Å². The minimum Gasteiger partial charge on any atom is -0.456 e. The molecule has 0 amide bonds. The molecule has 0 radical (unpaired) electrons. The molecule has 5 nitrogen and oxygen atoms in total. The van der Waals surface area contributed by atoms with Gasteiger partial charge in [0.25, 0.3) is 0 Å². The smallest absolute Gasteiger partial charge is 0.340 e. The van der Waals surface area contributed by atoms with Gasteiger partial charge in [-0.05, 0) is 60.5 Å². The normalized spacial score (nSPS) is 17.4. The van der Waals surface area contributed by atoms with Crippen molar-refractivity contribution in [1.29, 1.82) is 0 Å². The molecule has 0 fully saturated rings. The van der Waals surface area contributed by atoms with E-state index in [0.717, 1.165) is 34.5 Å². The zero-order valence-corrected chi connectivity index (χ0v) is 19.0. The van der Waals surface area contributed by atoms with Crippen molar-refractivity contribution in [3.05, 3.63) is 113 Å². The van der Waals surface area contributed by atoms with Gasteiger partial charge in [-0.2, -0.15) is 0 Å². The summed E-state index contributed by atoms with van der Waals surface area (Å²) in [4.78, 5) is 15.1. The Morgan fingerprint density at radius 1 is 0.824 bits per heavy atom. The maximum absolute atomic E-state index is 13.0. The van der Waals surface area contributed by atoms with E-state index in [1.807, 2.05) is 55.6 Å². The van der Waals surface area contributed by atoms with E-state index < -0.39 is 5.60 Å². The molecule has 0 bridgehead atoms. The summed E-state index contributed by atoms with van der Waals surface area (Å²) >= 11 is 0. The molecule has 1 spiro atoms. The number of hydrogen-bond donors (Lipinski definition) is 1. The first-order chi connectivity index (χ1) is 16.5. The van der Waals surface area contributed by atoms with Crippen LogP contribution in [0.15, 0.2) is 84.9 Å². The molecule has 0 aromatic heterocycles. The number of rotatable bonds is 3. The van der Waals surface area contributed by atoms with E-state index in [1.165, 1.54) is 5.56 Å². The Morgan fingerprint density at radius 2 is 1.59 bits per heavy atom. The number of anilines is 3. The van der Waals surface area contributed by atoms with E-state index in [9.17, 15) is 4.79 Å². The third-order valence-electron chi connectivity index (χ3n) is 6.84. The maximum Gasteiger partial charge on any atom is 0.340 e. The molecule has 2 aliphatic heterocycles. The predicted octanol–water partition coefficient (Wildman–Crippen LogP) is 6.17. The van der Waals surface area contributed by atoms with E-state index >= 15 is 0 Å². The van der Waals surface area contributed by atoms with E-state index in [4.69, 9.17) is 15.2 Å². The third kappa shape index (κ3) is 2.83. The summed E-state index contributed by atoms with van der Waals surface area (Å²) in [7, 11) is 2.03. The number of ether oxygens (including phenoxy) is 2. The van der Waals surface area contributed by atoms with Gasteiger partial charge in [0.2, 0.25) is 0 Å². The highest BCUT2D eigenvalue weighted by molar-refractivity contribution is 5.97. The SMILES string of the molecule is CCc1ccc(N(C)c2ccc3c(c2)Oc2ccc(N)cc2C32OC(=O)c3ccccc32)cc1. The molecule has 34 heavy (non-hydrogen) atoms. The number of nitrogens with two attached hydrogens (primary N) is 1. The molecule has 2 aliphatic rings. The second kappa shape index (κ2) is 7.39. The largest absolute Gasteiger partial charge is 0.456 e. The standard InChI is InChI=1S/C29H24N2O3/c1-3-18-8-11-20(12-9-18)31(2)21-13-14-24-27(17-21)33-26-15-10-19(30)16-25(26)29(24)23-7-5-4-6-22(23)28(32)34-29/h4-17H,3,30H2,1-2H3. The molecule has 0 saturated heterocycles. The van der Waals surface area contributed by atoms with Crippen LogP contribution in [0, 0.1) is 0 Å². The number of nitrogens with zero attached hydrogens (tertiary/aromatic N) is 1. The summed E-state index contributed by atoms with van der Waals surface area (Å²) < 4.78 is 12.5. The Hall–Kier alpha value is -4.25. The monoisotopic (exact) mass is 448 g/mol. The molecule has 2 N–H and O–H groups in total. The zero-order valence-electron chi connectivity index (χ0n) is 19.0. The third-order valence-corrected chi connectivity index (χ3v) is 6.84. The highest BCUT2D eigenvalue weighted by Gasteiger charge is 2.53. The molecule has 1 atom stereocenters. The van der Waals surface area contributed by atoms with Crippen molar-refractivity contribution in [2.45, 2.75) is 18.9 Å². The lowest BCUT2D eigenvalue weighted by Crippen LogP contribution is -2.33. The summed E-state index contributed by atoms with van der Waals surface area (Å²) in [6, 6.07) is 27.5. The highest BCUT2D eigenvalue weighted by Crippen LogP contribution is 2.56. The van der Waals surface area contributed by atoms with Crippen LogP contribution in [-0.2, 0) is 16.8 Å². The van der Waals surface area contributed by atoms with Gasteiger partial charge in [-0.15, -0.1) is 0 Å². The summed E-state index contributed by atoms with van der Waals surface area (Å²) in [6.45, 7) is 2.15. The van der Waals surface area contributed by atoms with Crippen molar-refractivity contribution in [3.8, 4) is 11.5 Å². The first-order valence-electron chi connectivity index (χ1n) is 11.4. The molecule has 4 aromatic rings. The number of carbonyl (C=O) groups is 1. The lowest BCUT2D eigenvalue weighted by atomic mass is 9.77. The van der Waals surface area contributed by atoms with E-state index in [1.54, 1.807) is 12.1 Å². The molecule has 1 unspecified atom stereocenters. The quantitative estimate of drug-likeness (QED) is 0.300. The van der Waals surface area contributed by atoms with E-state index in [0.29, 0.717) is 22.7 Å². The first kappa shape index (κ1) is 20.4. The topological polar surface area (TPSA) is 64.8 Å². The van der Waals surface area contributed by atoms with Crippen molar-refractivity contribution in [3.63, 3.8) is 0 Å². The van der Waals surface area contributed by atoms with Gasteiger partial charge in [-0.3, -0.25) is 0 Å². The maximum atomic E-state index is 13.0. The molecule has 5 heteroatoms. The molecule has 168 valence electrons. The van der Waals surface area contributed by atoms with Crippen molar-refractivity contribution < 1.29 is 14.3 Å². The summed E-state index contributed by atoms with van der Waals surface area (Å²) in [5, 5.41) is 0. The molecular weight excluding hydrogens is 424 g/mol. The summed E-state index contributed by atoms with van der Waals surface area (Å²) in [6.07, 6.45) is 1.00. The predicted molar refractivity (Wildman–Crippen MR) is 133 cm³/mol. The van der Waals surface area contributed by atoms with Crippen molar-refractivity contribution >= 4 is 23.0 Å². The number of aryl methyl sites for hydroxylation is 1. The van der Waals surface area contributed by atoms with Crippen LogP contribution in [-0.4, -0.2) is 13.0 Å². The van der Waals surface area contributed by atoms with Gasteiger partial charge in [0.05, 0.1) is 5.56 Å². The number of carbonyl (C=O) groups excluding carboxylic acids is 1. The molecule has 0 saturated carbocycles. The second-order valence-electron chi connectivity index (χ2n) is 8.73. The van der Waals surface area contributed by atoms with Crippen LogP contribution in [0.25, 0.3) is 0 Å². The molecule has 4 aromatic carbocycles. The Bertz CT molecular complexity index is 1440. The highest BCUT2D eigenvalue weighted by atomic mass is 16.6. The van der Waals surface area contributed by atoms with Crippen LogP contribution in [0.3, 0.4) is 0 Å². The average molecular weight is 449 g/mol. The van der Waals surface area contributed by atoms with Crippen LogP contribution in [0.2, 0.25) is 0 Å². The van der Waals surface area contributed by atoms with Gasteiger partial charge < -0.3 is 20.1 Å². The fourth-order valence-electron chi connectivity index (χ4n) is 4.99. The van der Waals surface area contributed by atoms with Crippen molar-refractivity contribution in [1.82, 2.24) is 0 Å². The van der Waals surface area contributed by atoms with Crippen LogP contribution < -0.4 is 15.4 Å². The van der Waals surface area contributed by atoms with Crippen molar-refractivity contribution in [2.75, 3.05) is 17.7 Å². The lowest BCUT2D eigenvalue weighted by Gasteiger charge is -2.37. The zero-order chi connectivity index (χ0) is 23.4. The fraction of sp³-hybridized carbons (Fsp3) is 0.138. The number of nitrogen functional groups attached to an aromatic ring is 1. The van der Waals surface area contributed by atoms with Gasteiger partial charge in [0, 0.05) is 46.9 Å². The number of fused-ring (bicyclic) bond motifs is 6. The fourth-order valence-corrected chi connectivity index (χ4v) is 4.99. The van der Waals surface area contributed by atoms with Crippen molar-refractivity contribution in [2.24, 2.45) is 0 Å². The number of esters is 1. The number of hydrogen-bond acceptors (Lipinski definition) is 5. The second-order valence-corrected chi connectivity index (χ2v) is 8.73. The first-order valence-corrected chi connectivity index (χ1v) is 11.4. The molecule has 2 heterocycles. The van der Waals surface area contributed by atoms with E-state index in [2.05, 4.69) is 36.1 Å². The number of benzene rings is 4. The van der Waals surface area contributed by atoms with Gasteiger partial charge in [-0.1, -0.05) is 37.3 Å². The lowest BCUT2D eigenvalue weighted by molar-refractivity contribution is 0.0224. The van der Waals surface area contributed by atoms with Gasteiger partial charge >= 0.3 is 5.97 Å². The van der Waals surface area contributed by atoms with Gasteiger partial charge in [0.1, 0.15) is 11.5 Å². The Morgan fingerprint density at radius 3 is 2.38 bits per heavy atom. The van der Waals surface area contributed by atoms with Gasteiger partial charge in [-0.25, -0.2) is 4.79 Å². The Balaban J connectivity index is 1.52. The average Bonchev–Trinajstić information content (AvgIpc) is 3.17. The van der Waals surface area contributed by atoms with E-state index in [-0.39, 0.29) is 5.97 Å². The molecule has 6 rings (SSSR count). The van der Waals surface area contributed by atoms with Crippen LogP contribution in [0.5, 0.6) is 11.5 Å². The Labute approximate surface area is 198 Å². The molecular formula is C29H24N2O3. The summed E-state index contributed by atoms with van der Waals surface area (Å²) in [5.74, 6) is 0.920. The minimum absolute atomic E-state index is 0.353. The van der Waals surface area contributed by atoms with Crippen LogP contribution in [0.4, 0.5) is 17.1 Å². The minimum atomic E-state index is -1.11. The Kier molecular flexibility index (Phi) is 4.42. The summed E-state index contributed by atoms with van der Waals surface area (Å²) in [5.41, 5.74) is 11.8. The van der Waals surface area contributed by atoms with Gasteiger partial charge in [0.15, 0.2) is 5.60 Å².